The standard InChI is InChI=1S/C16H22N2O2S/c19-15(7-9-17-16(20)12-8-10-21-11-12)18(14-5-6-14)13-3-1-2-4-13/h8,10-11,13-14H,1-7,9H2,(H,17,20). The van der Waals surface area contributed by atoms with Crippen LogP contribution in [0.2, 0.25) is 0 Å². The monoisotopic (exact) mass is 306 g/mol. The van der Waals surface area contributed by atoms with E-state index in [9.17, 15) is 9.59 Å². The molecular formula is C16H22N2O2S. The number of hydrogen-bond acceptors (Lipinski definition) is 3. The molecule has 2 aliphatic rings. The van der Waals surface area contributed by atoms with Gasteiger partial charge in [-0.1, -0.05) is 12.8 Å². The summed E-state index contributed by atoms with van der Waals surface area (Å²) in [7, 11) is 0. The molecule has 0 bridgehead atoms. The van der Waals surface area contributed by atoms with E-state index in [2.05, 4.69) is 10.2 Å². The highest BCUT2D eigenvalue weighted by atomic mass is 32.1. The third kappa shape index (κ3) is 3.64. The zero-order valence-corrected chi connectivity index (χ0v) is 13.0. The topological polar surface area (TPSA) is 49.4 Å². The van der Waals surface area contributed by atoms with Crippen LogP contribution in [0, 0.1) is 0 Å². The molecule has 21 heavy (non-hydrogen) atoms. The van der Waals surface area contributed by atoms with Crippen LogP contribution >= 0.6 is 11.3 Å². The first-order valence-electron chi connectivity index (χ1n) is 7.87. The predicted octanol–water partition coefficient (Wildman–Crippen LogP) is 2.80. The van der Waals surface area contributed by atoms with Crippen molar-refractivity contribution < 1.29 is 9.59 Å². The molecule has 0 atom stereocenters. The van der Waals surface area contributed by atoms with E-state index >= 15 is 0 Å². The summed E-state index contributed by atoms with van der Waals surface area (Å²) in [5, 5.41) is 6.55. The Morgan fingerprint density at radius 2 is 1.90 bits per heavy atom. The van der Waals surface area contributed by atoms with Crippen LogP contribution in [0.3, 0.4) is 0 Å². The van der Waals surface area contributed by atoms with Crippen molar-refractivity contribution in [3.8, 4) is 0 Å². The molecular weight excluding hydrogens is 284 g/mol. The third-order valence-corrected chi connectivity index (χ3v) is 5.04. The van der Waals surface area contributed by atoms with Gasteiger partial charge >= 0.3 is 0 Å². The van der Waals surface area contributed by atoms with Crippen molar-refractivity contribution >= 4 is 23.2 Å². The van der Waals surface area contributed by atoms with Crippen LogP contribution in [0.1, 0.15) is 55.3 Å². The minimum atomic E-state index is -0.0807. The molecule has 1 aromatic heterocycles. The maximum absolute atomic E-state index is 12.5. The molecule has 2 amide bonds. The molecule has 2 saturated carbocycles. The zero-order valence-electron chi connectivity index (χ0n) is 12.2. The van der Waals surface area contributed by atoms with Crippen LogP contribution in [0.15, 0.2) is 16.8 Å². The van der Waals surface area contributed by atoms with Crippen LogP contribution in [0.5, 0.6) is 0 Å². The molecule has 1 heterocycles. The maximum atomic E-state index is 12.5. The lowest BCUT2D eigenvalue weighted by Crippen LogP contribution is -2.42. The summed E-state index contributed by atoms with van der Waals surface area (Å²) in [5.41, 5.74) is 0.683. The van der Waals surface area contributed by atoms with E-state index in [0.29, 0.717) is 30.6 Å². The molecule has 5 heteroatoms. The lowest BCUT2D eigenvalue weighted by atomic mass is 10.2. The number of thiophene rings is 1. The number of amides is 2. The summed E-state index contributed by atoms with van der Waals surface area (Å²) >= 11 is 1.51. The first-order chi connectivity index (χ1) is 10.3. The second-order valence-electron chi connectivity index (χ2n) is 5.99. The number of nitrogens with zero attached hydrogens (tertiary/aromatic N) is 1. The molecule has 0 spiro atoms. The van der Waals surface area contributed by atoms with Gasteiger partial charge in [0.25, 0.3) is 5.91 Å². The lowest BCUT2D eigenvalue weighted by Gasteiger charge is -2.29. The first kappa shape index (κ1) is 14.6. The van der Waals surface area contributed by atoms with E-state index in [-0.39, 0.29) is 11.8 Å². The van der Waals surface area contributed by atoms with Gasteiger partial charge in [-0.2, -0.15) is 11.3 Å². The van der Waals surface area contributed by atoms with Crippen molar-refractivity contribution in [2.45, 2.75) is 57.0 Å². The minimum absolute atomic E-state index is 0.0807. The van der Waals surface area contributed by atoms with Gasteiger partial charge in [0.05, 0.1) is 0 Å². The van der Waals surface area contributed by atoms with Gasteiger partial charge in [-0.15, -0.1) is 0 Å². The van der Waals surface area contributed by atoms with Crippen LogP contribution in [0.4, 0.5) is 0 Å². The average molecular weight is 306 g/mol. The van der Waals surface area contributed by atoms with Crippen molar-refractivity contribution in [3.63, 3.8) is 0 Å². The van der Waals surface area contributed by atoms with Crippen molar-refractivity contribution in [2.24, 2.45) is 0 Å². The van der Waals surface area contributed by atoms with E-state index in [1.54, 1.807) is 6.07 Å². The molecule has 2 aliphatic carbocycles. The van der Waals surface area contributed by atoms with Crippen molar-refractivity contribution in [1.82, 2.24) is 10.2 Å². The lowest BCUT2D eigenvalue weighted by molar-refractivity contribution is -0.134. The predicted molar refractivity (Wildman–Crippen MR) is 83.4 cm³/mol. The molecule has 114 valence electrons. The quantitative estimate of drug-likeness (QED) is 0.878. The van der Waals surface area contributed by atoms with Gasteiger partial charge < -0.3 is 10.2 Å². The third-order valence-electron chi connectivity index (χ3n) is 4.35. The number of carbonyl (C=O) groups is 2. The van der Waals surface area contributed by atoms with Gasteiger partial charge in [0.2, 0.25) is 5.91 Å². The maximum Gasteiger partial charge on any atom is 0.252 e. The highest BCUT2D eigenvalue weighted by Gasteiger charge is 2.37. The summed E-state index contributed by atoms with van der Waals surface area (Å²) in [5.74, 6) is 0.137. The van der Waals surface area contributed by atoms with E-state index in [1.807, 2.05) is 10.8 Å². The molecule has 3 rings (SSSR count). The molecule has 0 aliphatic heterocycles. The summed E-state index contributed by atoms with van der Waals surface area (Å²) in [4.78, 5) is 26.4. The number of hydrogen-bond donors (Lipinski definition) is 1. The molecule has 4 nitrogen and oxygen atoms in total. The normalized spacial score (nSPS) is 18.7. The highest BCUT2D eigenvalue weighted by Crippen LogP contribution is 2.34. The SMILES string of the molecule is O=C(NCCC(=O)N(C1CCCC1)C1CC1)c1ccsc1. The first-order valence-corrected chi connectivity index (χ1v) is 8.81. The van der Waals surface area contributed by atoms with E-state index in [1.165, 1.54) is 24.2 Å². The van der Waals surface area contributed by atoms with Gasteiger partial charge in [-0.25, -0.2) is 0 Å². The molecule has 0 saturated heterocycles. The van der Waals surface area contributed by atoms with Gasteiger partial charge in [0.15, 0.2) is 0 Å². The van der Waals surface area contributed by atoms with Crippen molar-refractivity contribution in [2.75, 3.05) is 6.54 Å². The summed E-state index contributed by atoms with van der Waals surface area (Å²) < 4.78 is 0. The van der Waals surface area contributed by atoms with Crippen molar-refractivity contribution in [1.29, 1.82) is 0 Å². The Kier molecular flexibility index (Phi) is 4.58. The fraction of sp³-hybridized carbons (Fsp3) is 0.625. The number of carbonyl (C=O) groups excluding carboxylic acids is 2. The van der Waals surface area contributed by atoms with Gasteiger partial charge in [-0.3, -0.25) is 9.59 Å². The Balaban J connectivity index is 1.47. The van der Waals surface area contributed by atoms with E-state index in [4.69, 9.17) is 0 Å². The highest BCUT2D eigenvalue weighted by molar-refractivity contribution is 7.08. The van der Waals surface area contributed by atoms with Gasteiger partial charge in [-0.05, 0) is 37.1 Å². The van der Waals surface area contributed by atoms with Crippen LogP contribution in [-0.2, 0) is 4.79 Å². The fourth-order valence-corrected chi connectivity index (χ4v) is 3.78. The molecule has 2 fully saturated rings. The largest absolute Gasteiger partial charge is 0.351 e. The smallest absolute Gasteiger partial charge is 0.252 e. The Morgan fingerprint density at radius 1 is 1.19 bits per heavy atom. The van der Waals surface area contributed by atoms with Crippen LogP contribution in [0.25, 0.3) is 0 Å². The van der Waals surface area contributed by atoms with Gasteiger partial charge in [0.1, 0.15) is 0 Å². The Morgan fingerprint density at radius 3 is 2.52 bits per heavy atom. The Hall–Kier alpha value is -1.36. The van der Waals surface area contributed by atoms with Crippen molar-refractivity contribution in [3.05, 3.63) is 22.4 Å². The Labute approximate surface area is 129 Å². The second-order valence-corrected chi connectivity index (χ2v) is 6.77. The number of nitrogens with one attached hydrogen (secondary N) is 1. The second kappa shape index (κ2) is 6.60. The fourth-order valence-electron chi connectivity index (χ4n) is 3.15. The van der Waals surface area contributed by atoms with E-state index < -0.39 is 0 Å². The molecule has 0 aromatic carbocycles. The van der Waals surface area contributed by atoms with Crippen LogP contribution in [-0.4, -0.2) is 35.3 Å². The summed E-state index contributed by atoms with van der Waals surface area (Å²) in [6, 6.07) is 2.74. The van der Waals surface area contributed by atoms with E-state index in [0.717, 1.165) is 25.7 Å². The molecule has 1 N–H and O–H groups in total. The Bertz CT molecular complexity index is 490. The van der Waals surface area contributed by atoms with Crippen LogP contribution < -0.4 is 5.32 Å². The summed E-state index contributed by atoms with van der Waals surface area (Å²) in [6.07, 6.45) is 7.54. The number of rotatable bonds is 6. The average Bonchev–Trinajstić information content (AvgIpc) is 2.97. The molecule has 0 unspecified atom stereocenters. The minimum Gasteiger partial charge on any atom is -0.351 e. The molecule has 1 aromatic rings. The van der Waals surface area contributed by atoms with Gasteiger partial charge in [0, 0.05) is 36.0 Å². The zero-order chi connectivity index (χ0) is 14.7. The summed E-state index contributed by atoms with van der Waals surface area (Å²) in [6.45, 7) is 0.434. The molecule has 0 radical (unpaired) electrons.